The van der Waals surface area contributed by atoms with Gasteiger partial charge in [0.25, 0.3) is 0 Å². The Morgan fingerprint density at radius 3 is 2.48 bits per heavy atom. The average Bonchev–Trinajstić information content (AvgIpc) is 3.35. The number of hydrogen-bond donors (Lipinski definition) is 0. The number of rotatable bonds is 7. The summed E-state index contributed by atoms with van der Waals surface area (Å²) >= 11 is 1.51. The molecular weight excluding hydrogens is 432 g/mol. The Kier molecular flexibility index (Phi) is 7.55. The number of esters is 1. The van der Waals surface area contributed by atoms with Gasteiger partial charge in [0.2, 0.25) is 5.91 Å². The molecule has 2 heterocycles. The van der Waals surface area contributed by atoms with E-state index in [2.05, 4.69) is 48.3 Å². The van der Waals surface area contributed by atoms with Crippen molar-refractivity contribution in [1.82, 2.24) is 9.88 Å². The van der Waals surface area contributed by atoms with Crippen LogP contribution in [0, 0.1) is 0 Å². The van der Waals surface area contributed by atoms with E-state index in [1.807, 2.05) is 17.0 Å². The minimum Gasteiger partial charge on any atom is -0.461 e. The molecule has 0 N–H and O–H groups in total. The Bertz CT molecular complexity index is 1100. The summed E-state index contributed by atoms with van der Waals surface area (Å²) in [5.74, 6) is 0.0830. The first kappa shape index (κ1) is 23.2. The third-order valence-corrected chi connectivity index (χ3v) is 7.24. The number of carbonyl (C=O) groups is 2. The van der Waals surface area contributed by atoms with E-state index in [1.54, 1.807) is 12.3 Å². The molecule has 0 aliphatic carbocycles. The Morgan fingerprint density at radius 2 is 1.79 bits per heavy atom. The van der Waals surface area contributed by atoms with Crippen LogP contribution < -0.4 is 0 Å². The fourth-order valence-corrected chi connectivity index (χ4v) is 5.26. The van der Waals surface area contributed by atoms with Gasteiger partial charge in [-0.25, -0.2) is 9.78 Å². The lowest BCUT2D eigenvalue weighted by Gasteiger charge is -2.31. The number of piperidine rings is 1. The standard InChI is InChI=1S/C27H30N2O3S/c1-3-19-9-11-20(12-10-19)23-8-6-5-7-22(23)17-25(30)29-15-13-21(14-16-29)26-28-24(18-33-26)27(31)32-4-2/h5-12,18,21H,3-4,13-17H2,1-2H3. The first-order valence-electron chi connectivity index (χ1n) is 11.7. The van der Waals surface area contributed by atoms with Crippen LogP contribution in [0.5, 0.6) is 0 Å². The normalized spacial score (nSPS) is 14.3. The number of ether oxygens (including phenoxy) is 1. The van der Waals surface area contributed by atoms with Crippen LogP contribution in [0.15, 0.2) is 53.9 Å². The zero-order valence-corrected chi connectivity index (χ0v) is 20.1. The van der Waals surface area contributed by atoms with Crippen LogP contribution in [0.4, 0.5) is 0 Å². The van der Waals surface area contributed by atoms with Crippen molar-refractivity contribution in [1.29, 1.82) is 0 Å². The lowest BCUT2D eigenvalue weighted by Crippen LogP contribution is -2.38. The molecule has 5 nitrogen and oxygen atoms in total. The molecule has 6 heteroatoms. The van der Waals surface area contributed by atoms with E-state index >= 15 is 0 Å². The number of carbonyl (C=O) groups excluding carboxylic acids is 2. The van der Waals surface area contributed by atoms with E-state index in [9.17, 15) is 9.59 Å². The molecule has 0 saturated carbocycles. The van der Waals surface area contributed by atoms with Crippen molar-refractivity contribution < 1.29 is 14.3 Å². The summed E-state index contributed by atoms with van der Waals surface area (Å²) in [6.45, 7) is 5.71. The molecule has 1 aliphatic rings. The Balaban J connectivity index is 1.38. The van der Waals surface area contributed by atoms with Crippen LogP contribution in [0.2, 0.25) is 0 Å². The van der Waals surface area contributed by atoms with Crippen molar-refractivity contribution >= 4 is 23.2 Å². The SMILES string of the molecule is CCOC(=O)c1csc(C2CCN(C(=O)Cc3ccccc3-c3ccc(CC)cc3)CC2)n1. The quantitative estimate of drug-likeness (QED) is 0.435. The van der Waals surface area contributed by atoms with Gasteiger partial charge in [-0.2, -0.15) is 0 Å². The van der Waals surface area contributed by atoms with Crippen LogP contribution >= 0.6 is 11.3 Å². The number of amides is 1. The molecule has 0 atom stereocenters. The van der Waals surface area contributed by atoms with Crippen molar-refractivity contribution in [2.45, 2.75) is 45.4 Å². The molecule has 2 aromatic carbocycles. The van der Waals surface area contributed by atoms with Gasteiger partial charge in [0.15, 0.2) is 5.69 Å². The van der Waals surface area contributed by atoms with Gasteiger partial charge in [0.1, 0.15) is 0 Å². The predicted molar refractivity (Wildman–Crippen MR) is 132 cm³/mol. The summed E-state index contributed by atoms with van der Waals surface area (Å²) in [7, 11) is 0. The number of likely N-dealkylation sites (tertiary alicyclic amines) is 1. The molecule has 0 bridgehead atoms. The summed E-state index contributed by atoms with van der Waals surface area (Å²) in [4.78, 5) is 31.5. The number of benzene rings is 2. The highest BCUT2D eigenvalue weighted by Crippen LogP contribution is 2.31. The van der Waals surface area contributed by atoms with E-state index in [4.69, 9.17) is 4.74 Å². The topological polar surface area (TPSA) is 59.5 Å². The second-order valence-electron chi connectivity index (χ2n) is 8.33. The zero-order chi connectivity index (χ0) is 23.2. The molecule has 0 spiro atoms. The summed E-state index contributed by atoms with van der Waals surface area (Å²) in [5, 5.41) is 2.74. The van der Waals surface area contributed by atoms with E-state index in [-0.39, 0.29) is 17.8 Å². The molecule has 33 heavy (non-hydrogen) atoms. The summed E-state index contributed by atoms with van der Waals surface area (Å²) in [6, 6.07) is 16.8. The Morgan fingerprint density at radius 1 is 1.06 bits per heavy atom. The molecule has 1 fully saturated rings. The third kappa shape index (κ3) is 5.50. The molecule has 0 radical (unpaired) electrons. The lowest BCUT2D eigenvalue weighted by atomic mass is 9.94. The van der Waals surface area contributed by atoms with Gasteiger partial charge in [-0.3, -0.25) is 4.79 Å². The van der Waals surface area contributed by atoms with E-state index in [0.717, 1.165) is 41.0 Å². The molecule has 0 unspecified atom stereocenters. The Hall–Kier alpha value is -2.99. The van der Waals surface area contributed by atoms with Crippen molar-refractivity contribution in [3.05, 3.63) is 75.7 Å². The highest BCUT2D eigenvalue weighted by Gasteiger charge is 2.27. The third-order valence-electron chi connectivity index (χ3n) is 6.24. The van der Waals surface area contributed by atoms with Crippen LogP contribution in [-0.4, -0.2) is 41.5 Å². The number of hydrogen-bond acceptors (Lipinski definition) is 5. The van der Waals surface area contributed by atoms with Gasteiger partial charge in [-0.1, -0.05) is 55.5 Å². The molecule has 1 aromatic heterocycles. The van der Waals surface area contributed by atoms with Crippen molar-refractivity contribution in [3.63, 3.8) is 0 Å². The largest absolute Gasteiger partial charge is 0.461 e. The fraction of sp³-hybridized carbons (Fsp3) is 0.370. The molecular formula is C27H30N2O3S. The van der Waals surface area contributed by atoms with Gasteiger partial charge >= 0.3 is 5.97 Å². The molecule has 4 rings (SSSR count). The van der Waals surface area contributed by atoms with Gasteiger partial charge in [0, 0.05) is 24.4 Å². The maximum atomic E-state index is 13.1. The maximum Gasteiger partial charge on any atom is 0.357 e. The minimum absolute atomic E-state index is 0.164. The van der Waals surface area contributed by atoms with E-state index < -0.39 is 0 Å². The molecule has 1 saturated heterocycles. The lowest BCUT2D eigenvalue weighted by molar-refractivity contribution is -0.131. The zero-order valence-electron chi connectivity index (χ0n) is 19.3. The smallest absolute Gasteiger partial charge is 0.357 e. The van der Waals surface area contributed by atoms with Crippen LogP contribution in [0.1, 0.15) is 59.2 Å². The van der Waals surface area contributed by atoms with Crippen LogP contribution in [-0.2, 0) is 22.4 Å². The van der Waals surface area contributed by atoms with Crippen molar-refractivity contribution in [3.8, 4) is 11.1 Å². The molecule has 1 aliphatic heterocycles. The van der Waals surface area contributed by atoms with Crippen molar-refractivity contribution in [2.75, 3.05) is 19.7 Å². The molecule has 172 valence electrons. The van der Waals surface area contributed by atoms with E-state index in [1.165, 1.54) is 16.9 Å². The minimum atomic E-state index is -0.365. The molecule has 1 amide bonds. The van der Waals surface area contributed by atoms with Gasteiger partial charge in [-0.15, -0.1) is 11.3 Å². The fourth-order valence-electron chi connectivity index (χ4n) is 4.30. The second-order valence-corrected chi connectivity index (χ2v) is 9.22. The summed E-state index contributed by atoms with van der Waals surface area (Å²) in [6.07, 6.45) is 3.14. The number of aryl methyl sites for hydroxylation is 1. The van der Waals surface area contributed by atoms with Crippen LogP contribution in [0.3, 0.4) is 0 Å². The van der Waals surface area contributed by atoms with Gasteiger partial charge in [-0.05, 0) is 48.4 Å². The molecule has 3 aromatic rings. The van der Waals surface area contributed by atoms with Crippen LogP contribution in [0.25, 0.3) is 11.1 Å². The Labute approximate surface area is 199 Å². The second kappa shape index (κ2) is 10.8. The first-order chi connectivity index (χ1) is 16.1. The highest BCUT2D eigenvalue weighted by atomic mass is 32.1. The summed E-state index contributed by atoms with van der Waals surface area (Å²) < 4.78 is 5.04. The van der Waals surface area contributed by atoms with Gasteiger partial charge < -0.3 is 9.64 Å². The summed E-state index contributed by atoms with van der Waals surface area (Å²) in [5.41, 5.74) is 5.03. The average molecular weight is 463 g/mol. The predicted octanol–water partition coefficient (Wildman–Crippen LogP) is 5.50. The number of aromatic nitrogens is 1. The van der Waals surface area contributed by atoms with Gasteiger partial charge in [0.05, 0.1) is 18.0 Å². The number of thiazole rings is 1. The highest BCUT2D eigenvalue weighted by molar-refractivity contribution is 7.09. The first-order valence-corrected chi connectivity index (χ1v) is 12.5. The monoisotopic (exact) mass is 462 g/mol. The number of nitrogens with zero attached hydrogens (tertiary/aromatic N) is 2. The van der Waals surface area contributed by atoms with Crippen molar-refractivity contribution in [2.24, 2.45) is 0 Å². The maximum absolute atomic E-state index is 13.1. The van der Waals surface area contributed by atoms with E-state index in [0.29, 0.717) is 31.8 Å².